The fraction of sp³-hybridized carbons (Fsp3) is 0.643. The molecule has 1 N–H and O–H groups in total. The van der Waals surface area contributed by atoms with Crippen molar-refractivity contribution in [2.24, 2.45) is 0 Å². The first kappa shape index (κ1) is 16.2. The maximum absolute atomic E-state index is 11.0. The van der Waals surface area contributed by atoms with E-state index >= 15 is 0 Å². The topological polar surface area (TPSA) is 71.3 Å². The van der Waals surface area contributed by atoms with Crippen LogP contribution in [0.4, 0.5) is 11.5 Å². The second-order valence-electron chi connectivity index (χ2n) is 5.44. The summed E-state index contributed by atoms with van der Waals surface area (Å²) < 4.78 is 0.613. The third kappa shape index (κ3) is 4.64. The maximum Gasteiger partial charge on any atom is 0.312 e. The van der Waals surface area contributed by atoms with Gasteiger partial charge in [0.15, 0.2) is 0 Å². The van der Waals surface area contributed by atoms with Crippen molar-refractivity contribution in [3.63, 3.8) is 0 Å². The Hall–Kier alpha value is -1.21. The Kier molecular flexibility index (Phi) is 5.93. The van der Waals surface area contributed by atoms with Crippen LogP contribution in [-0.2, 0) is 0 Å². The molecule has 2 rings (SSSR count). The zero-order valence-electron chi connectivity index (χ0n) is 12.2. The first-order valence-electron chi connectivity index (χ1n) is 7.36. The second-order valence-corrected chi connectivity index (χ2v) is 6.36. The molecular formula is C14H21BrN4O2. The fourth-order valence-electron chi connectivity index (χ4n) is 2.68. The molecule has 0 aromatic carbocycles. The van der Waals surface area contributed by atoms with Gasteiger partial charge in [-0.15, -0.1) is 0 Å². The van der Waals surface area contributed by atoms with Crippen molar-refractivity contribution in [3.05, 3.63) is 26.9 Å². The van der Waals surface area contributed by atoms with Gasteiger partial charge < -0.3 is 10.2 Å². The van der Waals surface area contributed by atoms with Crippen molar-refractivity contribution in [3.8, 4) is 0 Å². The number of halogens is 1. The Labute approximate surface area is 133 Å². The first-order chi connectivity index (χ1) is 10.1. The number of pyridine rings is 1. The van der Waals surface area contributed by atoms with E-state index in [0.29, 0.717) is 22.9 Å². The molecule has 1 fully saturated rings. The van der Waals surface area contributed by atoms with E-state index in [2.05, 4.69) is 38.1 Å². The highest BCUT2D eigenvalue weighted by molar-refractivity contribution is 9.10. The molecule has 0 aliphatic carbocycles. The molecule has 1 atom stereocenters. The summed E-state index contributed by atoms with van der Waals surface area (Å²) in [5.41, 5.74) is 0.00992. The molecule has 0 saturated carbocycles. The van der Waals surface area contributed by atoms with Gasteiger partial charge in [0.05, 0.1) is 4.92 Å². The summed E-state index contributed by atoms with van der Waals surface area (Å²) in [5.74, 6) is 0.342. The van der Waals surface area contributed by atoms with Crippen LogP contribution in [0, 0.1) is 10.1 Å². The molecule has 1 aliphatic heterocycles. The summed E-state index contributed by atoms with van der Waals surface area (Å²) in [6.45, 7) is 5.16. The minimum absolute atomic E-state index is 0.00992. The molecule has 1 aromatic heterocycles. The summed E-state index contributed by atoms with van der Waals surface area (Å²) in [7, 11) is 0. The van der Waals surface area contributed by atoms with Gasteiger partial charge in [0.2, 0.25) is 5.82 Å². The summed E-state index contributed by atoms with van der Waals surface area (Å²) in [5, 5.41) is 14.1. The van der Waals surface area contributed by atoms with E-state index < -0.39 is 4.92 Å². The maximum atomic E-state index is 11.0. The van der Waals surface area contributed by atoms with Crippen LogP contribution in [-0.4, -0.2) is 40.5 Å². The van der Waals surface area contributed by atoms with E-state index in [1.54, 1.807) is 6.20 Å². The Morgan fingerprint density at radius 1 is 1.57 bits per heavy atom. The van der Waals surface area contributed by atoms with Gasteiger partial charge in [-0.3, -0.25) is 10.1 Å². The molecule has 2 heterocycles. The Morgan fingerprint density at radius 2 is 2.38 bits per heavy atom. The number of nitrogens with one attached hydrogen (secondary N) is 1. The van der Waals surface area contributed by atoms with Crippen molar-refractivity contribution in [2.45, 2.75) is 38.6 Å². The molecule has 1 saturated heterocycles. The molecule has 0 radical (unpaired) electrons. The van der Waals surface area contributed by atoms with E-state index in [4.69, 9.17) is 0 Å². The van der Waals surface area contributed by atoms with Gasteiger partial charge in [-0.1, -0.05) is 6.42 Å². The predicted octanol–water partition coefficient (Wildman–Crippen LogP) is 3.43. The van der Waals surface area contributed by atoms with Crippen molar-refractivity contribution in [1.82, 2.24) is 9.88 Å². The van der Waals surface area contributed by atoms with Crippen LogP contribution in [0.2, 0.25) is 0 Å². The zero-order valence-corrected chi connectivity index (χ0v) is 13.8. The number of anilines is 1. The van der Waals surface area contributed by atoms with Crippen LogP contribution >= 0.6 is 15.9 Å². The van der Waals surface area contributed by atoms with Crippen LogP contribution in [0.15, 0.2) is 16.7 Å². The van der Waals surface area contributed by atoms with E-state index in [1.165, 1.54) is 25.3 Å². The molecule has 1 aromatic rings. The predicted molar refractivity (Wildman–Crippen MR) is 86.6 cm³/mol. The van der Waals surface area contributed by atoms with Gasteiger partial charge in [0.25, 0.3) is 0 Å². The lowest BCUT2D eigenvalue weighted by Crippen LogP contribution is -2.38. The van der Waals surface area contributed by atoms with Crippen molar-refractivity contribution in [1.29, 1.82) is 0 Å². The van der Waals surface area contributed by atoms with E-state index in [-0.39, 0.29) is 5.69 Å². The number of hydrogen-bond acceptors (Lipinski definition) is 5. The summed E-state index contributed by atoms with van der Waals surface area (Å²) >= 11 is 3.20. The molecule has 0 spiro atoms. The quantitative estimate of drug-likeness (QED) is 0.480. The van der Waals surface area contributed by atoms with Gasteiger partial charge in [-0.05, 0) is 48.7 Å². The summed E-state index contributed by atoms with van der Waals surface area (Å²) in [6.07, 6.45) is 6.40. The van der Waals surface area contributed by atoms with Gasteiger partial charge in [0, 0.05) is 35.9 Å². The van der Waals surface area contributed by atoms with E-state index in [0.717, 1.165) is 19.5 Å². The van der Waals surface area contributed by atoms with Gasteiger partial charge in [0.1, 0.15) is 0 Å². The molecule has 6 nitrogen and oxygen atoms in total. The summed E-state index contributed by atoms with van der Waals surface area (Å²) in [6, 6.07) is 2.13. The molecular weight excluding hydrogens is 336 g/mol. The number of nitro groups is 1. The van der Waals surface area contributed by atoms with Gasteiger partial charge in [-0.2, -0.15) is 0 Å². The average Bonchev–Trinajstić information content (AvgIpc) is 2.46. The Bertz CT molecular complexity index is 498. The number of hydrogen-bond donors (Lipinski definition) is 1. The van der Waals surface area contributed by atoms with Crippen molar-refractivity contribution in [2.75, 3.05) is 25.0 Å². The smallest absolute Gasteiger partial charge is 0.312 e. The number of piperidine rings is 1. The monoisotopic (exact) mass is 356 g/mol. The highest BCUT2D eigenvalue weighted by Crippen LogP contribution is 2.25. The molecule has 1 unspecified atom stereocenters. The van der Waals surface area contributed by atoms with Crippen LogP contribution in [0.5, 0.6) is 0 Å². The van der Waals surface area contributed by atoms with Crippen LogP contribution in [0.3, 0.4) is 0 Å². The largest absolute Gasteiger partial charge is 0.364 e. The Morgan fingerprint density at radius 3 is 3.10 bits per heavy atom. The van der Waals surface area contributed by atoms with Crippen molar-refractivity contribution >= 4 is 27.4 Å². The number of rotatable bonds is 6. The molecule has 1 aliphatic rings. The Balaban J connectivity index is 1.82. The third-order valence-corrected chi connectivity index (χ3v) is 4.32. The highest BCUT2D eigenvalue weighted by atomic mass is 79.9. The fourth-order valence-corrected chi connectivity index (χ4v) is 3.00. The molecule has 116 valence electrons. The minimum Gasteiger partial charge on any atom is -0.364 e. The summed E-state index contributed by atoms with van der Waals surface area (Å²) in [4.78, 5) is 17.2. The average molecular weight is 357 g/mol. The van der Waals surface area contributed by atoms with E-state index in [9.17, 15) is 10.1 Å². The van der Waals surface area contributed by atoms with Gasteiger partial charge in [-0.25, -0.2) is 4.98 Å². The molecule has 0 bridgehead atoms. The van der Waals surface area contributed by atoms with E-state index in [1.807, 2.05) is 0 Å². The number of nitrogens with zero attached hydrogens (tertiary/aromatic N) is 3. The standard InChI is InChI=1S/C14H21BrN4O2/c1-11-5-2-3-7-18(11)8-4-6-16-14-13(19(20)21)9-12(15)10-17-14/h9-11H,2-8H2,1H3,(H,16,17). The third-order valence-electron chi connectivity index (χ3n) is 3.89. The van der Waals surface area contributed by atoms with Gasteiger partial charge >= 0.3 is 5.69 Å². The molecule has 0 amide bonds. The second kappa shape index (κ2) is 7.70. The number of aromatic nitrogens is 1. The normalized spacial score (nSPS) is 19.4. The number of likely N-dealkylation sites (tertiary alicyclic amines) is 1. The highest BCUT2D eigenvalue weighted by Gasteiger charge is 2.18. The van der Waals surface area contributed by atoms with Crippen LogP contribution < -0.4 is 5.32 Å². The SMILES string of the molecule is CC1CCCCN1CCCNc1ncc(Br)cc1[N+](=O)[O-]. The van der Waals surface area contributed by atoms with Crippen LogP contribution in [0.1, 0.15) is 32.6 Å². The molecule has 21 heavy (non-hydrogen) atoms. The minimum atomic E-state index is -0.410. The lowest BCUT2D eigenvalue weighted by Gasteiger charge is -2.33. The lowest BCUT2D eigenvalue weighted by molar-refractivity contribution is -0.384. The van der Waals surface area contributed by atoms with Crippen LogP contribution in [0.25, 0.3) is 0 Å². The lowest BCUT2D eigenvalue weighted by atomic mass is 10.0. The first-order valence-corrected chi connectivity index (χ1v) is 8.15. The zero-order chi connectivity index (χ0) is 15.2. The molecule has 7 heteroatoms. The van der Waals surface area contributed by atoms with Crippen molar-refractivity contribution < 1.29 is 4.92 Å².